The zero-order valence-corrected chi connectivity index (χ0v) is 17.5. The van der Waals surface area contributed by atoms with E-state index in [1.165, 1.54) is 6.08 Å². The molecule has 0 bridgehead atoms. The molecule has 0 saturated carbocycles. The van der Waals surface area contributed by atoms with E-state index in [2.05, 4.69) is 15.5 Å². The minimum atomic E-state index is -1.08. The second-order valence-electron chi connectivity index (χ2n) is 7.33. The van der Waals surface area contributed by atoms with Gasteiger partial charge in [0.05, 0.1) is 19.8 Å². The molecule has 3 N–H and O–H groups in total. The van der Waals surface area contributed by atoms with E-state index in [1.807, 2.05) is 12.1 Å². The van der Waals surface area contributed by atoms with Crippen LogP contribution < -0.4 is 25.0 Å². The summed E-state index contributed by atoms with van der Waals surface area (Å²) in [5.74, 6) is 0.261. The van der Waals surface area contributed by atoms with Crippen LogP contribution in [0, 0.1) is 0 Å². The number of aliphatic hydroxyl groups is 1. The molecule has 2 aliphatic rings. The van der Waals surface area contributed by atoms with Crippen molar-refractivity contribution in [3.8, 4) is 11.5 Å². The van der Waals surface area contributed by atoms with Gasteiger partial charge in [0.1, 0.15) is 6.04 Å². The summed E-state index contributed by atoms with van der Waals surface area (Å²) in [6, 6.07) is 11.6. The maximum Gasteiger partial charge on any atom is 0.249 e. The predicted octanol–water partition coefficient (Wildman–Crippen LogP) is 1.38. The maximum absolute atomic E-state index is 12.5. The Morgan fingerprint density at radius 1 is 1.06 bits per heavy atom. The number of hydrogen-bond acceptors (Lipinski definition) is 7. The Balaban J connectivity index is 1.30. The molecule has 0 spiro atoms. The summed E-state index contributed by atoms with van der Waals surface area (Å²) < 4.78 is 15.9. The fourth-order valence-electron chi connectivity index (χ4n) is 3.41. The number of nitrogens with zero attached hydrogens (tertiary/aromatic N) is 1. The van der Waals surface area contributed by atoms with Gasteiger partial charge in [-0.25, -0.2) is 0 Å². The largest absolute Gasteiger partial charge is 0.454 e. The van der Waals surface area contributed by atoms with Crippen molar-refractivity contribution in [2.75, 3.05) is 49.9 Å². The fraction of sp³-hybridized carbons (Fsp3) is 0.304. The number of fused-ring (bicyclic) bond motifs is 1. The van der Waals surface area contributed by atoms with Gasteiger partial charge in [0.2, 0.25) is 18.6 Å². The van der Waals surface area contributed by atoms with Crippen molar-refractivity contribution in [2.24, 2.45) is 0 Å². The molecule has 0 radical (unpaired) electrons. The lowest BCUT2D eigenvalue weighted by molar-refractivity contribution is -0.124. The Kier molecular flexibility index (Phi) is 6.88. The van der Waals surface area contributed by atoms with E-state index in [0.29, 0.717) is 30.4 Å². The van der Waals surface area contributed by atoms with Gasteiger partial charge in [-0.05, 0) is 48.0 Å². The second kappa shape index (κ2) is 10.2. The molecule has 1 atom stereocenters. The van der Waals surface area contributed by atoms with E-state index in [0.717, 1.165) is 24.3 Å². The second-order valence-corrected chi connectivity index (χ2v) is 7.33. The quantitative estimate of drug-likeness (QED) is 0.559. The molecule has 4 rings (SSSR count). The first-order valence-corrected chi connectivity index (χ1v) is 10.3. The topological polar surface area (TPSA) is 109 Å². The van der Waals surface area contributed by atoms with Gasteiger partial charge in [-0.2, -0.15) is 0 Å². The molecule has 32 heavy (non-hydrogen) atoms. The minimum absolute atomic E-state index is 0.173. The number of carbonyl (C=O) groups excluding carboxylic acids is 2. The van der Waals surface area contributed by atoms with Gasteiger partial charge < -0.3 is 34.9 Å². The van der Waals surface area contributed by atoms with Gasteiger partial charge >= 0.3 is 0 Å². The number of ether oxygens (including phenoxy) is 3. The number of morpholine rings is 1. The number of carbonyl (C=O) groups is 2. The smallest absolute Gasteiger partial charge is 0.249 e. The molecule has 0 aromatic heterocycles. The lowest BCUT2D eigenvalue weighted by atomic mass is 10.2. The van der Waals surface area contributed by atoms with E-state index in [9.17, 15) is 14.7 Å². The van der Waals surface area contributed by atoms with Crippen molar-refractivity contribution < 1.29 is 28.9 Å². The molecule has 0 unspecified atom stereocenters. The Bertz CT molecular complexity index is 986. The summed E-state index contributed by atoms with van der Waals surface area (Å²) in [5, 5.41) is 14.8. The maximum atomic E-state index is 12.5. The molecule has 168 valence electrons. The molecule has 1 fully saturated rings. The summed E-state index contributed by atoms with van der Waals surface area (Å²) in [6.45, 7) is 2.68. The number of benzene rings is 2. The lowest BCUT2D eigenvalue weighted by Gasteiger charge is -2.29. The van der Waals surface area contributed by atoms with Gasteiger partial charge in [-0.1, -0.05) is 6.07 Å². The molecule has 2 aromatic rings. The van der Waals surface area contributed by atoms with E-state index < -0.39 is 24.5 Å². The normalized spacial score (nSPS) is 16.1. The predicted molar refractivity (Wildman–Crippen MR) is 119 cm³/mol. The van der Waals surface area contributed by atoms with Crippen molar-refractivity contribution in [3.05, 3.63) is 54.1 Å². The standard InChI is InChI=1S/C23H25N3O6/c27-14-19(25-22(28)8-2-16-1-7-20-21(13-16)32-15-31-20)23(29)24-17-3-5-18(6-4-17)26-9-11-30-12-10-26/h1-8,13,19,27H,9-12,14-15H2,(H,24,29)(H,25,28)/t19-/m0/s1. The molecular weight excluding hydrogens is 414 g/mol. The summed E-state index contributed by atoms with van der Waals surface area (Å²) in [5.41, 5.74) is 2.37. The van der Waals surface area contributed by atoms with Crippen LogP contribution in [0.25, 0.3) is 6.08 Å². The summed E-state index contributed by atoms with van der Waals surface area (Å²) >= 11 is 0. The number of rotatable bonds is 7. The van der Waals surface area contributed by atoms with Gasteiger partial charge in [0.15, 0.2) is 11.5 Å². The lowest BCUT2D eigenvalue weighted by Crippen LogP contribution is -2.45. The van der Waals surface area contributed by atoms with E-state index in [-0.39, 0.29) is 6.79 Å². The number of aliphatic hydroxyl groups excluding tert-OH is 1. The van der Waals surface area contributed by atoms with Crippen LogP contribution in [0.15, 0.2) is 48.5 Å². The number of anilines is 2. The molecule has 9 heteroatoms. The van der Waals surface area contributed by atoms with Crippen LogP contribution >= 0.6 is 0 Å². The molecule has 9 nitrogen and oxygen atoms in total. The van der Waals surface area contributed by atoms with Crippen LogP contribution in [0.4, 0.5) is 11.4 Å². The third-order valence-electron chi connectivity index (χ3n) is 5.15. The highest BCUT2D eigenvalue weighted by atomic mass is 16.7. The van der Waals surface area contributed by atoms with Crippen LogP contribution in [0.3, 0.4) is 0 Å². The highest BCUT2D eigenvalue weighted by Gasteiger charge is 2.19. The van der Waals surface area contributed by atoms with Crippen LogP contribution in [-0.4, -0.2) is 62.7 Å². The molecule has 2 amide bonds. The van der Waals surface area contributed by atoms with Crippen molar-refractivity contribution in [2.45, 2.75) is 6.04 Å². The van der Waals surface area contributed by atoms with Crippen LogP contribution in [0.2, 0.25) is 0 Å². The molecule has 2 heterocycles. The average Bonchev–Trinajstić information content (AvgIpc) is 3.30. The Labute approximate surface area is 185 Å². The number of hydrogen-bond donors (Lipinski definition) is 3. The summed E-state index contributed by atoms with van der Waals surface area (Å²) in [7, 11) is 0. The molecular formula is C23H25N3O6. The highest BCUT2D eigenvalue weighted by molar-refractivity contribution is 6.00. The van der Waals surface area contributed by atoms with E-state index in [4.69, 9.17) is 14.2 Å². The first-order valence-electron chi connectivity index (χ1n) is 10.3. The third-order valence-corrected chi connectivity index (χ3v) is 5.15. The van der Waals surface area contributed by atoms with E-state index in [1.54, 1.807) is 36.4 Å². The molecule has 2 aliphatic heterocycles. The minimum Gasteiger partial charge on any atom is -0.454 e. The van der Waals surface area contributed by atoms with Crippen LogP contribution in [-0.2, 0) is 14.3 Å². The third kappa shape index (κ3) is 5.37. The molecule has 0 aliphatic carbocycles. The SMILES string of the molecule is O=C(C=Cc1ccc2c(c1)OCO2)N[C@@H](CO)C(=O)Nc1ccc(N2CCOCC2)cc1. The van der Waals surface area contributed by atoms with Crippen molar-refractivity contribution >= 4 is 29.3 Å². The highest BCUT2D eigenvalue weighted by Crippen LogP contribution is 2.32. The van der Waals surface area contributed by atoms with Crippen molar-refractivity contribution in [3.63, 3.8) is 0 Å². The summed E-state index contributed by atoms with van der Waals surface area (Å²) in [4.78, 5) is 26.9. The Morgan fingerprint density at radius 3 is 2.56 bits per heavy atom. The van der Waals surface area contributed by atoms with Gasteiger partial charge in [0, 0.05) is 30.5 Å². The van der Waals surface area contributed by atoms with Gasteiger partial charge in [0.25, 0.3) is 0 Å². The van der Waals surface area contributed by atoms with Crippen molar-refractivity contribution in [1.82, 2.24) is 5.32 Å². The first-order chi connectivity index (χ1) is 15.6. The van der Waals surface area contributed by atoms with Crippen LogP contribution in [0.1, 0.15) is 5.56 Å². The molecule has 1 saturated heterocycles. The fourth-order valence-corrected chi connectivity index (χ4v) is 3.41. The average molecular weight is 439 g/mol. The monoisotopic (exact) mass is 439 g/mol. The first kappa shape index (κ1) is 21.7. The summed E-state index contributed by atoms with van der Waals surface area (Å²) in [6.07, 6.45) is 2.89. The zero-order chi connectivity index (χ0) is 22.3. The zero-order valence-electron chi connectivity index (χ0n) is 17.5. The van der Waals surface area contributed by atoms with Gasteiger partial charge in [-0.3, -0.25) is 9.59 Å². The Morgan fingerprint density at radius 2 is 1.81 bits per heavy atom. The van der Waals surface area contributed by atoms with Crippen molar-refractivity contribution in [1.29, 1.82) is 0 Å². The van der Waals surface area contributed by atoms with Gasteiger partial charge in [-0.15, -0.1) is 0 Å². The number of amides is 2. The van der Waals surface area contributed by atoms with Crippen LogP contribution in [0.5, 0.6) is 11.5 Å². The van der Waals surface area contributed by atoms with E-state index >= 15 is 0 Å². The molecule has 2 aromatic carbocycles. The number of nitrogens with one attached hydrogen (secondary N) is 2. The Hall–Kier alpha value is -3.56.